The maximum absolute atomic E-state index is 7.47. The highest BCUT2D eigenvalue weighted by Crippen LogP contribution is 2.40. The molecule has 0 spiro atoms. The first-order chi connectivity index (χ1) is 10.2. The Morgan fingerprint density at radius 3 is 2.43 bits per heavy atom. The van der Waals surface area contributed by atoms with Crippen LogP contribution in [0.15, 0.2) is 30.3 Å². The molecule has 1 aliphatic heterocycles. The van der Waals surface area contributed by atoms with E-state index in [0.717, 1.165) is 6.54 Å². The summed E-state index contributed by atoms with van der Waals surface area (Å²) in [7, 11) is 1.50. The van der Waals surface area contributed by atoms with Gasteiger partial charge in [0.25, 0.3) is 0 Å². The van der Waals surface area contributed by atoms with Crippen LogP contribution in [0.5, 0.6) is 0 Å². The van der Waals surface area contributed by atoms with E-state index in [0.29, 0.717) is 5.92 Å². The van der Waals surface area contributed by atoms with Crippen molar-refractivity contribution in [1.82, 2.24) is 0 Å². The molecular formula is C18H27N3. The fraction of sp³-hybridized carbons (Fsp3) is 0.389. The topological polar surface area (TPSA) is 53.1 Å². The lowest BCUT2D eigenvalue weighted by Gasteiger charge is -2.13. The predicted molar refractivity (Wildman–Crippen MR) is 94.7 cm³/mol. The van der Waals surface area contributed by atoms with E-state index in [2.05, 4.69) is 49.9 Å². The normalized spacial score (nSPS) is 15.5. The number of nitrogens with zero attached hydrogens (tertiary/aromatic N) is 1. The molecule has 3 nitrogen and oxygen atoms in total. The van der Waals surface area contributed by atoms with Crippen LogP contribution in [0.4, 0.5) is 5.69 Å². The largest absolute Gasteiger partial charge is 0.333 e. The van der Waals surface area contributed by atoms with Gasteiger partial charge in [0.2, 0.25) is 0 Å². The van der Waals surface area contributed by atoms with Crippen LogP contribution in [0.1, 0.15) is 37.8 Å². The van der Waals surface area contributed by atoms with Crippen molar-refractivity contribution in [2.75, 3.05) is 18.5 Å². The van der Waals surface area contributed by atoms with Crippen LogP contribution in [0.3, 0.4) is 0 Å². The summed E-state index contributed by atoms with van der Waals surface area (Å²) in [6, 6.07) is 10.8. The van der Waals surface area contributed by atoms with Gasteiger partial charge in [0, 0.05) is 18.2 Å². The standard InChI is InChI=1S/C15H16N2.C2H6.CH5N/c1-10-4-3-5-13-12(10)6-7-14-15(13)11(2)8-17(14)9-16;2*1-2/h3-7,9,11,16H,8H2,1-2H3;1-2H3;2H2,1H3. The van der Waals surface area contributed by atoms with E-state index in [1.807, 2.05) is 18.7 Å². The van der Waals surface area contributed by atoms with Gasteiger partial charge in [-0.15, -0.1) is 0 Å². The molecule has 3 rings (SSSR count). The number of anilines is 1. The Balaban J connectivity index is 0.000000510. The Bertz CT molecular complexity index is 605. The second kappa shape index (κ2) is 7.79. The molecule has 21 heavy (non-hydrogen) atoms. The third-order valence-electron chi connectivity index (χ3n) is 3.73. The van der Waals surface area contributed by atoms with Gasteiger partial charge in [0.15, 0.2) is 0 Å². The van der Waals surface area contributed by atoms with Crippen LogP contribution in [0.25, 0.3) is 10.8 Å². The van der Waals surface area contributed by atoms with Crippen molar-refractivity contribution in [1.29, 1.82) is 5.41 Å². The average molecular weight is 285 g/mol. The molecule has 0 bridgehead atoms. The molecule has 0 saturated heterocycles. The van der Waals surface area contributed by atoms with Crippen LogP contribution >= 0.6 is 0 Å². The highest BCUT2D eigenvalue weighted by molar-refractivity contribution is 5.97. The molecule has 114 valence electrons. The van der Waals surface area contributed by atoms with Crippen LogP contribution in [-0.4, -0.2) is 19.9 Å². The van der Waals surface area contributed by atoms with E-state index in [4.69, 9.17) is 5.41 Å². The molecule has 3 heteroatoms. The third kappa shape index (κ3) is 3.08. The number of hydrogen-bond acceptors (Lipinski definition) is 2. The predicted octanol–water partition coefficient (Wildman–Crippen LogP) is 4.28. The Morgan fingerprint density at radius 2 is 1.81 bits per heavy atom. The van der Waals surface area contributed by atoms with Gasteiger partial charge in [0.1, 0.15) is 0 Å². The van der Waals surface area contributed by atoms with Crippen molar-refractivity contribution in [3.8, 4) is 0 Å². The van der Waals surface area contributed by atoms with E-state index in [1.54, 1.807) is 0 Å². The van der Waals surface area contributed by atoms with Crippen LogP contribution in [0, 0.1) is 12.3 Å². The highest BCUT2D eigenvalue weighted by atomic mass is 15.2. The average Bonchev–Trinajstić information content (AvgIpc) is 2.88. The lowest BCUT2D eigenvalue weighted by atomic mass is 9.94. The maximum Gasteiger partial charge on any atom is 0.0862 e. The molecule has 1 atom stereocenters. The van der Waals surface area contributed by atoms with Crippen molar-refractivity contribution in [2.45, 2.75) is 33.6 Å². The molecule has 1 heterocycles. The van der Waals surface area contributed by atoms with Gasteiger partial charge in [-0.1, -0.05) is 45.0 Å². The summed E-state index contributed by atoms with van der Waals surface area (Å²) < 4.78 is 0. The van der Waals surface area contributed by atoms with Crippen molar-refractivity contribution < 1.29 is 0 Å². The van der Waals surface area contributed by atoms with Crippen molar-refractivity contribution in [3.63, 3.8) is 0 Å². The molecule has 0 amide bonds. The zero-order valence-corrected chi connectivity index (χ0v) is 13.8. The SMILES string of the molecule is CC.CN.Cc1cccc2c3c(ccc12)N(C=N)CC3C. The van der Waals surface area contributed by atoms with E-state index in [1.165, 1.54) is 41.0 Å². The van der Waals surface area contributed by atoms with E-state index in [-0.39, 0.29) is 0 Å². The van der Waals surface area contributed by atoms with Gasteiger partial charge in [-0.3, -0.25) is 5.41 Å². The molecule has 2 aromatic carbocycles. The van der Waals surface area contributed by atoms with Gasteiger partial charge in [-0.2, -0.15) is 0 Å². The fourth-order valence-corrected chi connectivity index (χ4v) is 2.90. The van der Waals surface area contributed by atoms with Gasteiger partial charge >= 0.3 is 0 Å². The summed E-state index contributed by atoms with van der Waals surface area (Å²) in [5.74, 6) is 0.497. The van der Waals surface area contributed by atoms with Crippen LogP contribution in [0.2, 0.25) is 0 Å². The molecule has 1 unspecified atom stereocenters. The number of nitrogens with two attached hydrogens (primary N) is 1. The summed E-state index contributed by atoms with van der Waals surface area (Å²) in [4.78, 5) is 2.03. The van der Waals surface area contributed by atoms with Crippen molar-refractivity contribution >= 4 is 22.8 Å². The zero-order valence-electron chi connectivity index (χ0n) is 13.8. The molecule has 0 saturated carbocycles. The van der Waals surface area contributed by atoms with Gasteiger partial charge in [0.05, 0.1) is 6.34 Å². The number of benzene rings is 2. The fourth-order valence-electron chi connectivity index (χ4n) is 2.90. The summed E-state index contributed by atoms with van der Waals surface area (Å²) >= 11 is 0. The second-order valence-corrected chi connectivity index (χ2v) is 4.85. The minimum Gasteiger partial charge on any atom is -0.333 e. The summed E-state index contributed by atoms with van der Waals surface area (Å²) in [6.07, 6.45) is 1.43. The van der Waals surface area contributed by atoms with Gasteiger partial charge < -0.3 is 10.6 Å². The van der Waals surface area contributed by atoms with Crippen molar-refractivity contribution in [3.05, 3.63) is 41.5 Å². The van der Waals surface area contributed by atoms with E-state index in [9.17, 15) is 0 Å². The monoisotopic (exact) mass is 285 g/mol. The Kier molecular flexibility index (Phi) is 6.38. The number of rotatable bonds is 1. The molecular weight excluding hydrogens is 258 g/mol. The number of aryl methyl sites for hydroxylation is 1. The Labute approximate surface area is 128 Å². The first-order valence-corrected chi connectivity index (χ1v) is 7.59. The Hall–Kier alpha value is -1.87. The minimum atomic E-state index is 0.497. The molecule has 0 radical (unpaired) electrons. The van der Waals surface area contributed by atoms with Crippen molar-refractivity contribution in [2.24, 2.45) is 5.73 Å². The summed E-state index contributed by atoms with van der Waals surface area (Å²) in [6.45, 7) is 9.32. The molecule has 2 aromatic rings. The maximum atomic E-state index is 7.47. The Morgan fingerprint density at radius 1 is 1.14 bits per heavy atom. The van der Waals surface area contributed by atoms with Gasteiger partial charge in [-0.25, -0.2) is 0 Å². The molecule has 0 fully saturated rings. The van der Waals surface area contributed by atoms with E-state index >= 15 is 0 Å². The first-order valence-electron chi connectivity index (χ1n) is 7.59. The molecule has 3 N–H and O–H groups in total. The van der Waals surface area contributed by atoms with E-state index < -0.39 is 0 Å². The molecule has 1 aliphatic rings. The zero-order chi connectivity index (χ0) is 16.0. The smallest absolute Gasteiger partial charge is 0.0862 e. The number of nitrogens with one attached hydrogen (secondary N) is 1. The quantitative estimate of drug-likeness (QED) is 0.607. The highest BCUT2D eigenvalue weighted by Gasteiger charge is 2.26. The van der Waals surface area contributed by atoms with Gasteiger partial charge in [-0.05, 0) is 41.9 Å². The minimum absolute atomic E-state index is 0.497. The lowest BCUT2D eigenvalue weighted by molar-refractivity contribution is 0.829. The van der Waals surface area contributed by atoms with Crippen LogP contribution in [-0.2, 0) is 0 Å². The third-order valence-corrected chi connectivity index (χ3v) is 3.73. The first kappa shape index (κ1) is 17.2. The summed E-state index contributed by atoms with van der Waals surface area (Å²) in [5, 5.41) is 10.2. The van der Waals surface area contributed by atoms with Crippen LogP contribution < -0.4 is 10.6 Å². The number of fused-ring (bicyclic) bond motifs is 3. The lowest BCUT2D eigenvalue weighted by Crippen LogP contribution is -2.17. The molecule has 0 aliphatic carbocycles. The molecule has 0 aromatic heterocycles. The number of hydrogen-bond donors (Lipinski definition) is 2. The second-order valence-electron chi connectivity index (χ2n) is 4.85. The summed E-state index contributed by atoms with van der Waals surface area (Å²) in [5.41, 5.74) is 8.42.